The van der Waals surface area contributed by atoms with E-state index in [0.29, 0.717) is 11.6 Å². The van der Waals surface area contributed by atoms with Crippen LogP contribution in [0.1, 0.15) is 24.4 Å². The number of hydrazone groups is 1. The highest BCUT2D eigenvalue weighted by Gasteiger charge is 2.34. The van der Waals surface area contributed by atoms with E-state index in [4.69, 9.17) is 9.72 Å². The third-order valence-corrected chi connectivity index (χ3v) is 4.92. The molecule has 3 heterocycles. The molecule has 0 N–H and O–H groups in total. The topological polar surface area (TPSA) is 67.7 Å². The van der Waals surface area contributed by atoms with Crippen molar-refractivity contribution in [2.45, 2.75) is 13.2 Å². The van der Waals surface area contributed by atoms with Crippen LogP contribution in [0.15, 0.2) is 90.2 Å². The number of pyridine rings is 2. The largest absolute Gasteiger partial charge is 0.444 e. The van der Waals surface area contributed by atoms with E-state index in [2.05, 4.69) is 10.1 Å². The summed E-state index contributed by atoms with van der Waals surface area (Å²) in [4.78, 5) is 21.4. The maximum absolute atomic E-state index is 12.3. The average molecular weight is 394 g/mol. The summed E-state index contributed by atoms with van der Waals surface area (Å²) in [6.07, 6.45) is 0.968. The Bertz CT molecular complexity index is 1260. The average Bonchev–Trinajstić information content (AvgIpc) is 3.25. The molecule has 1 atom stereocenters. The lowest BCUT2D eigenvalue weighted by molar-refractivity contribution is -0.135. The second-order valence-electron chi connectivity index (χ2n) is 6.93. The van der Waals surface area contributed by atoms with E-state index in [9.17, 15) is 4.79 Å². The Kier molecular flexibility index (Phi) is 4.44. The van der Waals surface area contributed by atoms with Gasteiger partial charge in [-0.1, -0.05) is 54.6 Å². The van der Waals surface area contributed by atoms with Crippen molar-refractivity contribution in [2.75, 3.05) is 0 Å². The number of aromatic nitrogens is 2. The number of benzene rings is 2. The summed E-state index contributed by atoms with van der Waals surface area (Å²) in [6, 6.07) is 25.2. The first-order valence-corrected chi connectivity index (χ1v) is 9.62. The van der Waals surface area contributed by atoms with Crippen molar-refractivity contribution in [1.29, 1.82) is 0 Å². The Morgan fingerprint density at radius 3 is 2.50 bits per heavy atom. The molecular weight excluding hydrogens is 376 g/mol. The molecule has 2 aromatic heterocycles. The van der Waals surface area contributed by atoms with Crippen molar-refractivity contribution in [3.05, 3.63) is 96.3 Å². The Morgan fingerprint density at radius 1 is 0.967 bits per heavy atom. The first kappa shape index (κ1) is 18.0. The molecule has 0 saturated heterocycles. The monoisotopic (exact) mass is 394 g/mol. The zero-order valence-electron chi connectivity index (χ0n) is 16.3. The maximum atomic E-state index is 12.3. The molecule has 4 aromatic rings. The van der Waals surface area contributed by atoms with Crippen molar-refractivity contribution in [2.24, 2.45) is 5.10 Å². The summed E-state index contributed by atoms with van der Waals surface area (Å²) in [5.41, 5.74) is 4.03. The Labute approximate surface area is 173 Å². The zero-order chi connectivity index (χ0) is 20.5. The van der Waals surface area contributed by atoms with Crippen molar-refractivity contribution in [3.63, 3.8) is 0 Å². The van der Waals surface area contributed by atoms with Crippen LogP contribution in [0.3, 0.4) is 0 Å². The molecule has 1 unspecified atom stereocenters. The molecule has 146 valence electrons. The minimum atomic E-state index is -0.703. The highest BCUT2D eigenvalue weighted by Crippen LogP contribution is 2.32. The van der Waals surface area contributed by atoms with Crippen molar-refractivity contribution >= 4 is 22.7 Å². The number of ether oxygens (including phenoxy) is 1. The summed E-state index contributed by atoms with van der Waals surface area (Å²) in [7, 11) is 0. The molecular formula is C24H18N4O2. The van der Waals surface area contributed by atoms with Crippen LogP contribution in [-0.2, 0) is 9.53 Å². The summed E-state index contributed by atoms with van der Waals surface area (Å²) >= 11 is 0. The summed E-state index contributed by atoms with van der Waals surface area (Å²) in [6.45, 7) is 1.46. The summed E-state index contributed by atoms with van der Waals surface area (Å²) < 4.78 is 6.17. The lowest BCUT2D eigenvalue weighted by Crippen LogP contribution is -2.25. The first-order valence-electron chi connectivity index (χ1n) is 9.62. The highest BCUT2D eigenvalue weighted by atomic mass is 16.5. The van der Waals surface area contributed by atoms with E-state index >= 15 is 0 Å². The van der Waals surface area contributed by atoms with Gasteiger partial charge in [0, 0.05) is 29.6 Å². The first-order chi connectivity index (χ1) is 14.7. The van der Waals surface area contributed by atoms with Crippen molar-refractivity contribution in [1.82, 2.24) is 15.0 Å². The number of carbonyl (C=O) groups is 1. The van der Waals surface area contributed by atoms with Crippen LogP contribution in [0.4, 0.5) is 0 Å². The lowest BCUT2D eigenvalue weighted by atomic mass is 10.0. The number of hydrogen-bond acceptors (Lipinski definition) is 5. The fourth-order valence-corrected chi connectivity index (χ4v) is 3.50. The molecule has 1 aliphatic rings. The van der Waals surface area contributed by atoms with Gasteiger partial charge in [-0.15, -0.1) is 5.10 Å². The van der Waals surface area contributed by atoms with Gasteiger partial charge in [-0.2, -0.15) is 5.01 Å². The molecule has 0 bridgehead atoms. The van der Waals surface area contributed by atoms with Crippen LogP contribution < -0.4 is 0 Å². The van der Waals surface area contributed by atoms with E-state index in [1.165, 1.54) is 11.9 Å². The summed E-state index contributed by atoms with van der Waals surface area (Å²) in [5.74, 6) is 0.152. The van der Waals surface area contributed by atoms with E-state index in [1.54, 1.807) is 6.20 Å². The number of para-hydroxylation sites is 1. The maximum Gasteiger partial charge on any atom is 0.243 e. The second kappa shape index (κ2) is 7.40. The molecule has 6 nitrogen and oxygen atoms in total. The summed E-state index contributed by atoms with van der Waals surface area (Å²) in [5, 5.41) is 6.74. The van der Waals surface area contributed by atoms with E-state index in [1.807, 2.05) is 78.9 Å². The molecule has 0 fully saturated rings. The fourth-order valence-electron chi connectivity index (χ4n) is 3.50. The molecule has 0 radical (unpaired) electrons. The molecule has 1 amide bonds. The molecule has 1 aliphatic heterocycles. The molecule has 0 spiro atoms. The standard InChI is InChI=1S/C24H18N4O2/c1-16(29)28-24(21-13-7-8-14-25-21)30-23(27-28)19-15-22(17-9-3-2-4-10-17)26-20-12-6-5-11-18(19)20/h2-15,24H,1H3. The van der Waals surface area contributed by atoms with Crippen molar-refractivity contribution in [3.8, 4) is 11.3 Å². The van der Waals surface area contributed by atoms with Gasteiger partial charge in [-0.25, -0.2) is 4.98 Å². The van der Waals surface area contributed by atoms with Gasteiger partial charge < -0.3 is 4.74 Å². The Morgan fingerprint density at radius 2 is 1.73 bits per heavy atom. The van der Waals surface area contributed by atoms with Gasteiger partial charge in [0.2, 0.25) is 18.0 Å². The van der Waals surface area contributed by atoms with E-state index in [-0.39, 0.29) is 5.91 Å². The number of rotatable bonds is 3. The van der Waals surface area contributed by atoms with Crippen LogP contribution in [0, 0.1) is 0 Å². The number of nitrogens with zero attached hydrogens (tertiary/aromatic N) is 4. The minimum Gasteiger partial charge on any atom is -0.444 e. The van der Waals surface area contributed by atoms with E-state index < -0.39 is 6.23 Å². The van der Waals surface area contributed by atoms with Crippen LogP contribution in [-0.4, -0.2) is 26.8 Å². The Hall–Kier alpha value is -4.06. The van der Waals surface area contributed by atoms with Gasteiger partial charge in [0.1, 0.15) is 5.69 Å². The molecule has 6 heteroatoms. The van der Waals surface area contributed by atoms with Gasteiger partial charge in [0.05, 0.1) is 11.2 Å². The van der Waals surface area contributed by atoms with E-state index in [0.717, 1.165) is 27.7 Å². The second-order valence-corrected chi connectivity index (χ2v) is 6.93. The third kappa shape index (κ3) is 3.18. The number of fused-ring (bicyclic) bond motifs is 1. The molecule has 0 saturated carbocycles. The quantitative estimate of drug-likeness (QED) is 0.512. The van der Waals surface area contributed by atoms with Gasteiger partial charge in [-0.05, 0) is 24.3 Å². The normalized spacial score (nSPS) is 15.7. The fraction of sp³-hybridized carbons (Fsp3) is 0.0833. The van der Waals surface area contributed by atoms with Gasteiger partial charge in [0.25, 0.3) is 0 Å². The molecule has 5 rings (SSSR count). The highest BCUT2D eigenvalue weighted by molar-refractivity contribution is 6.08. The SMILES string of the molecule is CC(=O)N1N=C(c2cc(-c3ccccc3)nc3ccccc23)OC1c1ccccn1. The predicted molar refractivity (Wildman–Crippen MR) is 114 cm³/mol. The number of carbonyl (C=O) groups excluding carboxylic acids is 1. The number of amides is 1. The predicted octanol–water partition coefficient (Wildman–Crippen LogP) is 4.54. The van der Waals surface area contributed by atoms with Crippen molar-refractivity contribution < 1.29 is 9.53 Å². The molecule has 0 aliphatic carbocycles. The third-order valence-electron chi connectivity index (χ3n) is 4.92. The zero-order valence-corrected chi connectivity index (χ0v) is 16.3. The smallest absolute Gasteiger partial charge is 0.243 e. The van der Waals surface area contributed by atoms with Gasteiger partial charge in [-0.3, -0.25) is 9.78 Å². The Balaban J connectivity index is 1.65. The van der Waals surface area contributed by atoms with Gasteiger partial charge in [0.15, 0.2) is 0 Å². The van der Waals surface area contributed by atoms with Crippen LogP contribution in [0.5, 0.6) is 0 Å². The van der Waals surface area contributed by atoms with Crippen LogP contribution in [0.25, 0.3) is 22.2 Å². The minimum absolute atomic E-state index is 0.220. The number of hydrogen-bond donors (Lipinski definition) is 0. The van der Waals surface area contributed by atoms with Crippen LogP contribution >= 0.6 is 0 Å². The van der Waals surface area contributed by atoms with Crippen LogP contribution in [0.2, 0.25) is 0 Å². The molecule has 2 aromatic carbocycles. The molecule has 30 heavy (non-hydrogen) atoms. The lowest BCUT2D eigenvalue weighted by Gasteiger charge is -2.18. The van der Waals surface area contributed by atoms with Gasteiger partial charge >= 0.3 is 0 Å².